The zero-order chi connectivity index (χ0) is 29.1. The minimum Gasteiger partial charge on any atom is -0.323 e. The van der Waals surface area contributed by atoms with E-state index in [0.29, 0.717) is 30.2 Å². The maximum absolute atomic E-state index is 13.2. The second-order valence-electron chi connectivity index (χ2n) is 10.8. The summed E-state index contributed by atoms with van der Waals surface area (Å²) < 4.78 is 26.8. The molecule has 0 fully saturated rings. The Balaban J connectivity index is 1.72. The normalized spacial score (nSPS) is 15.8. The van der Waals surface area contributed by atoms with Crippen molar-refractivity contribution in [1.82, 2.24) is 9.88 Å². The predicted octanol–water partition coefficient (Wildman–Crippen LogP) is 4.59. The molecule has 4 rings (SSSR count). The van der Waals surface area contributed by atoms with E-state index in [2.05, 4.69) is 26.8 Å². The van der Waals surface area contributed by atoms with E-state index in [4.69, 9.17) is 0 Å². The van der Waals surface area contributed by atoms with Crippen molar-refractivity contribution in [2.75, 3.05) is 34.8 Å². The molecule has 9 nitrogen and oxygen atoms in total. The summed E-state index contributed by atoms with van der Waals surface area (Å²) >= 11 is 0. The van der Waals surface area contributed by atoms with E-state index >= 15 is 0 Å². The van der Waals surface area contributed by atoms with Gasteiger partial charge in [-0.2, -0.15) is 0 Å². The molecule has 2 heterocycles. The van der Waals surface area contributed by atoms with Gasteiger partial charge in [-0.1, -0.05) is 37.3 Å². The average molecular weight is 564 g/mol. The molecule has 0 saturated carbocycles. The number of carbonyl (C=O) groups is 2. The van der Waals surface area contributed by atoms with E-state index in [1.807, 2.05) is 54.7 Å². The molecule has 1 aliphatic rings. The Morgan fingerprint density at radius 1 is 1.10 bits per heavy atom. The number of amides is 2. The lowest BCUT2D eigenvalue weighted by Crippen LogP contribution is -2.43. The number of nitrogens with one attached hydrogen (secondary N) is 2. The van der Waals surface area contributed by atoms with E-state index in [-0.39, 0.29) is 17.9 Å². The second kappa shape index (κ2) is 11.8. The topological polar surface area (TPSA) is 112 Å². The van der Waals surface area contributed by atoms with Crippen molar-refractivity contribution in [1.29, 1.82) is 0 Å². The Labute approximate surface area is 236 Å². The number of anilines is 3. The molecule has 1 unspecified atom stereocenters. The van der Waals surface area contributed by atoms with Gasteiger partial charge in [0.1, 0.15) is 5.41 Å². The molecule has 2 amide bonds. The van der Waals surface area contributed by atoms with Gasteiger partial charge in [0.2, 0.25) is 21.8 Å². The molecule has 0 radical (unpaired) electrons. The first-order valence-electron chi connectivity index (χ1n) is 13.3. The number of hydrogen-bond acceptors (Lipinski definition) is 6. The van der Waals surface area contributed by atoms with Gasteiger partial charge in [0.15, 0.2) is 0 Å². The van der Waals surface area contributed by atoms with Crippen molar-refractivity contribution in [3.8, 4) is 0 Å². The van der Waals surface area contributed by atoms with Crippen molar-refractivity contribution >= 4 is 38.9 Å². The molecule has 10 heteroatoms. The monoisotopic (exact) mass is 563 g/mol. The van der Waals surface area contributed by atoms with Crippen LogP contribution in [0, 0.1) is 5.41 Å². The minimum atomic E-state index is -3.46. The molecule has 2 aromatic carbocycles. The highest BCUT2D eigenvalue weighted by Gasteiger charge is 2.42. The average Bonchev–Trinajstić information content (AvgIpc) is 2.97. The van der Waals surface area contributed by atoms with Gasteiger partial charge < -0.3 is 10.2 Å². The standard InChI is InChI=1S/C30H37N5O4S/c1-6-26(22-13-14-25-27(18-22)34(4)29(37)30(2,3)28(36)32-25)35(17-15-21-10-9-16-31-19-21)20-23-11-7-8-12-24(23)33-40(5,38)39/h7-14,16,18-19,26,33H,6,15,17,20H2,1-5H3,(H,32,36). The highest BCUT2D eigenvalue weighted by Crippen LogP contribution is 2.38. The van der Waals surface area contributed by atoms with Crippen LogP contribution in [0.1, 0.15) is 49.9 Å². The molecule has 1 aliphatic heterocycles. The van der Waals surface area contributed by atoms with Crippen LogP contribution in [0.2, 0.25) is 0 Å². The molecule has 212 valence electrons. The summed E-state index contributed by atoms with van der Waals surface area (Å²) in [6.07, 6.45) is 6.26. The first kappa shape index (κ1) is 29.2. The number of hydrogen-bond donors (Lipinski definition) is 2. The molecular formula is C30H37N5O4S. The molecule has 40 heavy (non-hydrogen) atoms. The van der Waals surface area contributed by atoms with Crippen LogP contribution in [-0.2, 0) is 32.6 Å². The number of pyridine rings is 1. The van der Waals surface area contributed by atoms with Crippen LogP contribution in [0.3, 0.4) is 0 Å². The summed E-state index contributed by atoms with van der Waals surface area (Å²) in [7, 11) is -1.76. The molecular weight excluding hydrogens is 526 g/mol. The molecule has 0 bridgehead atoms. The SMILES string of the molecule is CCC(c1ccc2c(c1)N(C)C(=O)C(C)(C)C(=O)N2)N(CCc1cccnc1)Cc1ccccc1NS(C)(=O)=O. The molecule has 2 N–H and O–H groups in total. The predicted molar refractivity (Wildman–Crippen MR) is 159 cm³/mol. The van der Waals surface area contributed by atoms with Crippen LogP contribution in [0.15, 0.2) is 67.0 Å². The van der Waals surface area contributed by atoms with E-state index in [9.17, 15) is 18.0 Å². The highest BCUT2D eigenvalue weighted by molar-refractivity contribution is 7.92. The van der Waals surface area contributed by atoms with E-state index in [0.717, 1.165) is 35.8 Å². The van der Waals surface area contributed by atoms with Crippen molar-refractivity contribution in [3.63, 3.8) is 0 Å². The van der Waals surface area contributed by atoms with Crippen LogP contribution in [0.25, 0.3) is 0 Å². The number of rotatable bonds is 10. The van der Waals surface area contributed by atoms with Gasteiger partial charge in [-0.05, 0) is 67.6 Å². The van der Waals surface area contributed by atoms with Gasteiger partial charge in [0.25, 0.3) is 0 Å². The fourth-order valence-electron chi connectivity index (χ4n) is 5.09. The van der Waals surface area contributed by atoms with Gasteiger partial charge >= 0.3 is 0 Å². The van der Waals surface area contributed by atoms with Crippen LogP contribution < -0.4 is 14.9 Å². The Kier molecular flexibility index (Phi) is 8.60. The lowest BCUT2D eigenvalue weighted by atomic mass is 9.91. The van der Waals surface area contributed by atoms with E-state index in [1.165, 1.54) is 0 Å². The number of benzene rings is 2. The van der Waals surface area contributed by atoms with Crippen LogP contribution in [0.5, 0.6) is 0 Å². The zero-order valence-corrected chi connectivity index (χ0v) is 24.5. The van der Waals surface area contributed by atoms with Gasteiger partial charge in [-0.3, -0.25) is 24.2 Å². The smallest absolute Gasteiger partial charge is 0.241 e. The molecule has 0 saturated heterocycles. The number of aromatic nitrogens is 1. The van der Waals surface area contributed by atoms with Gasteiger partial charge in [-0.25, -0.2) is 8.42 Å². The summed E-state index contributed by atoms with van der Waals surface area (Å²) in [5.41, 5.74) is 3.54. The molecule has 0 spiro atoms. The third-order valence-corrected chi connectivity index (χ3v) is 7.94. The lowest BCUT2D eigenvalue weighted by molar-refractivity contribution is -0.136. The summed E-state index contributed by atoms with van der Waals surface area (Å²) in [6, 6.07) is 17.1. The summed E-state index contributed by atoms with van der Waals surface area (Å²) in [5, 5.41) is 2.92. The number of sulfonamides is 1. The Morgan fingerprint density at radius 3 is 2.52 bits per heavy atom. The van der Waals surface area contributed by atoms with Crippen LogP contribution >= 0.6 is 0 Å². The number of para-hydroxylation sites is 1. The lowest BCUT2D eigenvalue weighted by Gasteiger charge is -2.33. The van der Waals surface area contributed by atoms with E-state index in [1.54, 1.807) is 38.1 Å². The van der Waals surface area contributed by atoms with Crippen molar-refractivity contribution in [3.05, 3.63) is 83.7 Å². The van der Waals surface area contributed by atoms with Gasteiger partial charge in [0, 0.05) is 38.6 Å². The molecule has 0 aliphatic carbocycles. The number of fused-ring (bicyclic) bond motifs is 1. The summed E-state index contributed by atoms with van der Waals surface area (Å²) in [5.74, 6) is -0.612. The first-order chi connectivity index (χ1) is 18.9. The van der Waals surface area contributed by atoms with Crippen molar-refractivity contribution in [2.24, 2.45) is 5.41 Å². The maximum Gasteiger partial charge on any atom is 0.241 e. The van der Waals surface area contributed by atoms with Crippen LogP contribution in [-0.4, -0.2) is 50.0 Å². The largest absolute Gasteiger partial charge is 0.323 e. The Morgan fingerprint density at radius 2 is 1.85 bits per heavy atom. The molecule has 1 aromatic heterocycles. The quantitative estimate of drug-likeness (QED) is 0.349. The Hall–Kier alpha value is -3.76. The zero-order valence-electron chi connectivity index (χ0n) is 23.6. The third-order valence-electron chi connectivity index (χ3n) is 7.35. The Bertz CT molecular complexity index is 1490. The van der Waals surface area contributed by atoms with Crippen molar-refractivity contribution in [2.45, 2.75) is 46.2 Å². The van der Waals surface area contributed by atoms with E-state index < -0.39 is 15.4 Å². The molecule has 3 aromatic rings. The first-order valence-corrected chi connectivity index (χ1v) is 15.2. The number of carbonyl (C=O) groups excluding carboxylic acids is 2. The molecule has 1 atom stereocenters. The minimum absolute atomic E-state index is 0.0521. The van der Waals surface area contributed by atoms with Gasteiger partial charge in [0.05, 0.1) is 23.3 Å². The summed E-state index contributed by atoms with van der Waals surface area (Å²) in [4.78, 5) is 34.1. The maximum atomic E-state index is 13.2. The van der Waals surface area contributed by atoms with Crippen molar-refractivity contribution < 1.29 is 18.0 Å². The fourth-order valence-corrected chi connectivity index (χ4v) is 5.69. The number of nitrogens with zero attached hydrogens (tertiary/aromatic N) is 3. The fraction of sp³-hybridized carbons (Fsp3) is 0.367. The summed E-state index contributed by atoms with van der Waals surface area (Å²) in [6.45, 7) is 6.55. The third kappa shape index (κ3) is 6.51. The highest BCUT2D eigenvalue weighted by atomic mass is 32.2. The van der Waals surface area contributed by atoms with Gasteiger partial charge in [-0.15, -0.1) is 0 Å². The van der Waals surface area contributed by atoms with Crippen LogP contribution in [0.4, 0.5) is 17.1 Å². The second-order valence-corrected chi connectivity index (χ2v) is 12.5.